The molecule has 0 aliphatic rings. The van der Waals surface area contributed by atoms with Gasteiger partial charge in [0.1, 0.15) is 5.56 Å². The van der Waals surface area contributed by atoms with Gasteiger partial charge in [0.15, 0.2) is 5.82 Å². The Morgan fingerprint density at radius 1 is 1.19 bits per heavy atom. The summed E-state index contributed by atoms with van der Waals surface area (Å²) in [5, 5.41) is 2.96. The van der Waals surface area contributed by atoms with Crippen molar-refractivity contribution in [3.05, 3.63) is 65.9 Å². The van der Waals surface area contributed by atoms with Crippen LogP contribution in [0.2, 0.25) is 0 Å². The molecule has 0 bridgehead atoms. The number of hydrogen-bond acceptors (Lipinski definition) is 6. The maximum absolute atomic E-state index is 12.6. The fraction of sp³-hybridized carbons (Fsp3) is 0.250. The van der Waals surface area contributed by atoms with Crippen LogP contribution >= 0.6 is 0 Å². The molecule has 138 valence electrons. The van der Waals surface area contributed by atoms with Gasteiger partial charge in [-0.25, -0.2) is 15.0 Å². The monoisotopic (exact) mass is 363 g/mol. The fourth-order valence-electron chi connectivity index (χ4n) is 2.71. The van der Waals surface area contributed by atoms with Crippen LogP contribution in [0, 0.1) is 6.92 Å². The third-order valence-electron chi connectivity index (χ3n) is 4.07. The molecule has 7 heteroatoms. The van der Waals surface area contributed by atoms with E-state index in [-0.39, 0.29) is 11.9 Å². The average molecular weight is 363 g/mol. The van der Waals surface area contributed by atoms with E-state index in [1.165, 1.54) is 0 Å². The number of aromatic nitrogens is 4. The summed E-state index contributed by atoms with van der Waals surface area (Å²) < 4.78 is 5.43. The molecule has 0 saturated heterocycles. The van der Waals surface area contributed by atoms with Crippen molar-refractivity contribution in [2.24, 2.45) is 0 Å². The van der Waals surface area contributed by atoms with Crippen molar-refractivity contribution >= 4 is 5.91 Å². The predicted molar refractivity (Wildman–Crippen MR) is 101 cm³/mol. The molecule has 7 nitrogen and oxygen atoms in total. The van der Waals surface area contributed by atoms with Gasteiger partial charge >= 0.3 is 0 Å². The van der Waals surface area contributed by atoms with Crippen molar-refractivity contribution < 1.29 is 9.53 Å². The Kier molecular flexibility index (Phi) is 5.71. The number of amides is 1. The molecule has 27 heavy (non-hydrogen) atoms. The molecule has 3 rings (SSSR count). The van der Waals surface area contributed by atoms with Gasteiger partial charge in [-0.1, -0.05) is 0 Å². The molecule has 1 atom stereocenters. The molecule has 0 fully saturated rings. The molecular weight excluding hydrogens is 342 g/mol. The molecule has 1 amide bonds. The molecule has 0 aliphatic carbocycles. The van der Waals surface area contributed by atoms with E-state index in [1.54, 1.807) is 36.9 Å². The maximum atomic E-state index is 12.6. The molecule has 0 aromatic carbocycles. The molecule has 1 N–H and O–H groups in total. The molecule has 3 heterocycles. The van der Waals surface area contributed by atoms with E-state index >= 15 is 0 Å². The lowest BCUT2D eigenvalue weighted by Crippen LogP contribution is -2.28. The van der Waals surface area contributed by atoms with Crippen LogP contribution in [0.25, 0.3) is 11.4 Å². The highest BCUT2D eigenvalue weighted by Crippen LogP contribution is 2.21. The lowest BCUT2D eigenvalue weighted by molar-refractivity contribution is 0.0935. The second-order valence-electron chi connectivity index (χ2n) is 5.95. The van der Waals surface area contributed by atoms with E-state index in [1.807, 2.05) is 32.9 Å². The largest absolute Gasteiger partial charge is 0.477 e. The lowest BCUT2D eigenvalue weighted by atomic mass is 10.1. The van der Waals surface area contributed by atoms with Gasteiger partial charge in [-0.15, -0.1) is 0 Å². The van der Waals surface area contributed by atoms with Crippen molar-refractivity contribution in [3.63, 3.8) is 0 Å². The first-order valence-corrected chi connectivity index (χ1v) is 8.72. The SMILES string of the molecule is CCOc1ncccc1C(=O)N[C@@H](C)c1cnc(-c2ccncc2)nc1C. The maximum Gasteiger partial charge on any atom is 0.257 e. The van der Waals surface area contributed by atoms with Crippen LogP contribution < -0.4 is 10.1 Å². The number of nitrogens with one attached hydrogen (secondary N) is 1. The second-order valence-corrected chi connectivity index (χ2v) is 5.95. The Morgan fingerprint density at radius 3 is 2.67 bits per heavy atom. The summed E-state index contributed by atoms with van der Waals surface area (Å²) in [4.78, 5) is 29.8. The second kappa shape index (κ2) is 8.35. The normalized spacial score (nSPS) is 11.7. The van der Waals surface area contributed by atoms with E-state index in [0.29, 0.717) is 23.9 Å². The lowest BCUT2D eigenvalue weighted by Gasteiger charge is -2.17. The van der Waals surface area contributed by atoms with Crippen LogP contribution in [0.3, 0.4) is 0 Å². The summed E-state index contributed by atoms with van der Waals surface area (Å²) in [6, 6.07) is 6.85. The molecule has 0 aliphatic heterocycles. The molecule has 3 aromatic heterocycles. The zero-order valence-electron chi connectivity index (χ0n) is 15.5. The summed E-state index contributed by atoms with van der Waals surface area (Å²) in [6.45, 7) is 6.09. The Balaban J connectivity index is 1.78. The highest BCUT2D eigenvalue weighted by Gasteiger charge is 2.18. The minimum Gasteiger partial charge on any atom is -0.477 e. The third-order valence-corrected chi connectivity index (χ3v) is 4.07. The smallest absolute Gasteiger partial charge is 0.257 e. The number of nitrogens with zero attached hydrogens (tertiary/aromatic N) is 4. The van der Waals surface area contributed by atoms with Crippen molar-refractivity contribution in [1.82, 2.24) is 25.3 Å². The summed E-state index contributed by atoms with van der Waals surface area (Å²) in [5.41, 5.74) is 2.95. The Labute approximate surface area is 157 Å². The van der Waals surface area contributed by atoms with Gasteiger partial charge in [0.2, 0.25) is 5.88 Å². The van der Waals surface area contributed by atoms with Crippen LogP contribution in [-0.2, 0) is 0 Å². The molecular formula is C20H21N5O2. The topological polar surface area (TPSA) is 89.9 Å². The molecule has 0 spiro atoms. The van der Waals surface area contributed by atoms with E-state index in [0.717, 1.165) is 16.8 Å². The van der Waals surface area contributed by atoms with Crippen molar-refractivity contribution in [3.8, 4) is 17.3 Å². The summed E-state index contributed by atoms with van der Waals surface area (Å²) in [7, 11) is 0. The first kappa shape index (κ1) is 18.4. The molecule has 0 unspecified atom stereocenters. The Bertz CT molecular complexity index is 931. The number of pyridine rings is 2. The quantitative estimate of drug-likeness (QED) is 0.724. The van der Waals surface area contributed by atoms with E-state index in [9.17, 15) is 4.79 Å². The predicted octanol–water partition coefficient (Wildman–Crippen LogP) is 3.13. The Hall–Kier alpha value is -3.35. The van der Waals surface area contributed by atoms with Gasteiger partial charge in [-0.3, -0.25) is 9.78 Å². The summed E-state index contributed by atoms with van der Waals surface area (Å²) in [5.74, 6) is 0.699. The highest BCUT2D eigenvalue weighted by atomic mass is 16.5. The molecule has 3 aromatic rings. The molecule has 0 saturated carbocycles. The zero-order valence-corrected chi connectivity index (χ0v) is 15.5. The van der Waals surface area contributed by atoms with E-state index < -0.39 is 0 Å². The van der Waals surface area contributed by atoms with E-state index in [2.05, 4.69) is 25.3 Å². The number of carbonyl (C=O) groups is 1. The van der Waals surface area contributed by atoms with Crippen LogP contribution in [0.15, 0.2) is 49.1 Å². The minimum atomic E-state index is -0.265. The van der Waals surface area contributed by atoms with Gasteiger partial charge in [-0.05, 0) is 45.0 Å². The van der Waals surface area contributed by atoms with Gasteiger partial charge in [-0.2, -0.15) is 0 Å². The molecule has 0 radical (unpaired) electrons. The minimum absolute atomic E-state index is 0.253. The van der Waals surface area contributed by atoms with Gasteiger partial charge < -0.3 is 10.1 Å². The first-order chi connectivity index (χ1) is 13.1. The number of hydrogen-bond donors (Lipinski definition) is 1. The van der Waals surface area contributed by atoms with Crippen molar-refractivity contribution in [1.29, 1.82) is 0 Å². The highest BCUT2D eigenvalue weighted by molar-refractivity contribution is 5.96. The third kappa shape index (κ3) is 4.25. The zero-order chi connectivity index (χ0) is 19.2. The first-order valence-electron chi connectivity index (χ1n) is 8.72. The Morgan fingerprint density at radius 2 is 1.96 bits per heavy atom. The van der Waals surface area contributed by atoms with Crippen LogP contribution in [-0.4, -0.2) is 32.4 Å². The van der Waals surface area contributed by atoms with Gasteiger partial charge in [0, 0.05) is 41.6 Å². The number of rotatable bonds is 6. The number of ether oxygens (including phenoxy) is 1. The van der Waals surface area contributed by atoms with Crippen molar-refractivity contribution in [2.45, 2.75) is 26.8 Å². The van der Waals surface area contributed by atoms with Crippen LogP contribution in [0.5, 0.6) is 5.88 Å². The van der Waals surface area contributed by atoms with Crippen LogP contribution in [0.1, 0.15) is 41.5 Å². The van der Waals surface area contributed by atoms with Crippen molar-refractivity contribution in [2.75, 3.05) is 6.61 Å². The number of carbonyl (C=O) groups excluding carboxylic acids is 1. The van der Waals surface area contributed by atoms with E-state index in [4.69, 9.17) is 4.74 Å². The van der Waals surface area contributed by atoms with Crippen LogP contribution in [0.4, 0.5) is 0 Å². The summed E-state index contributed by atoms with van der Waals surface area (Å²) in [6.07, 6.45) is 6.75. The average Bonchev–Trinajstić information content (AvgIpc) is 2.69. The number of aryl methyl sites for hydroxylation is 1. The van der Waals surface area contributed by atoms with Gasteiger partial charge in [0.05, 0.1) is 12.6 Å². The van der Waals surface area contributed by atoms with Gasteiger partial charge in [0.25, 0.3) is 5.91 Å². The fourth-order valence-corrected chi connectivity index (χ4v) is 2.71. The standard InChI is InChI=1S/C20H21N5O2/c1-4-27-20-16(6-5-9-22-20)19(26)25-14(3)17-12-23-18(24-13(17)2)15-7-10-21-11-8-15/h5-12,14H,4H2,1-3H3,(H,25,26)/t14-/m0/s1. The summed E-state index contributed by atoms with van der Waals surface area (Å²) >= 11 is 0.